The lowest BCUT2D eigenvalue weighted by Gasteiger charge is -2.28. The first-order valence-electron chi connectivity index (χ1n) is 8.59. The van der Waals surface area contributed by atoms with E-state index in [1.54, 1.807) is 0 Å². The summed E-state index contributed by atoms with van der Waals surface area (Å²) in [6, 6.07) is 0.0586. The molecule has 2 fully saturated rings. The van der Waals surface area contributed by atoms with E-state index in [0.717, 1.165) is 37.6 Å². The van der Waals surface area contributed by atoms with Gasteiger partial charge in [-0.2, -0.15) is 0 Å². The molecule has 0 spiro atoms. The average molecular weight is 280 g/mol. The zero-order chi connectivity index (χ0) is 14.7. The van der Waals surface area contributed by atoms with Gasteiger partial charge >= 0.3 is 0 Å². The summed E-state index contributed by atoms with van der Waals surface area (Å²) in [6.07, 6.45) is 7.46. The van der Waals surface area contributed by atoms with Gasteiger partial charge < -0.3 is 4.90 Å². The molecule has 1 aliphatic carbocycles. The summed E-state index contributed by atoms with van der Waals surface area (Å²) in [5.41, 5.74) is 0. The molecule has 1 amide bonds. The molecule has 3 heteroatoms. The van der Waals surface area contributed by atoms with E-state index in [-0.39, 0.29) is 12.2 Å². The monoisotopic (exact) mass is 280 g/mol. The highest BCUT2D eigenvalue weighted by molar-refractivity contribution is 5.84. The van der Waals surface area contributed by atoms with E-state index < -0.39 is 0 Å². The molecular formula is C17H32N2O. The van der Waals surface area contributed by atoms with Crippen LogP contribution in [-0.4, -0.2) is 29.6 Å². The van der Waals surface area contributed by atoms with Crippen LogP contribution in [0.5, 0.6) is 0 Å². The van der Waals surface area contributed by atoms with Crippen LogP contribution in [-0.2, 0) is 4.79 Å². The minimum Gasteiger partial charge on any atom is -0.326 e. The summed E-state index contributed by atoms with van der Waals surface area (Å²) in [5, 5.41) is 3.59. The highest BCUT2D eigenvalue weighted by atomic mass is 16.2. The predicted molar refractivity (Wildman–Crippen MR) is 83.3 cm³/mol. The first-order chi connectivity index (χ1) is 9.52. The Morgan fingerprint density at radius 2 is 2.10 bits per heavy atom. The molecule has 0 bridgehead atoms. The summed E-state index contributed by atoms with van der Waals surface area (Å²) in [7, 11) is 0. The molecule has 20 heavy (non-hydrogen) atoms. The quantitative estimate of drug-likeness (QED) is 0.809. The highest BCUT2D eigenvalue weighted by Gasteiger charge is 2.40. The topological polar surface area (TPSA) is 32.3 Å². The molecule has 4 unspecified atom stereocenters. The van der Waals surface area contributed by atoms with E-state index in [1.807, 2.05) is 0 Å². The molecule has 0 radical (unpaired) electrons. The van der Waals surface area contributed by atoms with Crippen LogP contribution in [0.3, 0.4) is 0 Å². The van der Waals surface area contributed by atoms with Gasteiger partial charge in [0.25, 0.3) is 0 Å². The van der Waals surface area contributed by atoms with Gasteiger partial charge in [-0.25, -0.2) is 0 Å². The number of carbonyl (C=O) groups excluding carboxylic acids is 1. The molecule has 1 saturated heterocycles. The van der Waals surface area contributed by atoms with Crippen LogP contribution < -0.4 is 5.32 Å². The summed E-state index contributed by atoms with van der Waals surface area (Å²) in [4.78, 5) is 14.9. The van der Waals surface area contributed by atoms with Crippen LogP contribution in [0.2, 0.25) is 0 Å². The van der Waals surface area contributed by atoms with Crippen molar-refractivity contribution in [2.45, 2.75) is 78.4 Å². The number of amides is 1. The van der Waals surface area contributed by atoms with Crippen molar-refractivity contribution in [1.29, 1.82) is 0 Å². The lowest BCUT2D eigenvalue weighted by Crippen LogP contribution is -2.40. The number of hydrogen-bond acceptors (Lipinski definition) is 2. The highest BCUT2D eigenvalue weighted by Crippen LogP contribution is 2.33. The minimum absolute atomic E-state index is 0.0586. The SMILES string of the molecule is CCCC1NC(CC(C)C)C(=O)N1CC1CCCC1C. The van der Waals surface area contributed by atoms with Gasteiger partial charge in [0.05, 0.1) is 12.2 Å². The lowest BCUT2D eigenvalue weighted by molar-refractivity contribution is -0.131. The molecule has 1 saturated carbocycles. The van der Waals surface area contributed by atoms with E-state index in [9.17, 15) is 4.79 Å². The van der Waals surface area contributed by atoms with E-state index in [0.29, 0.717) is 11.8 Å². The molecule has 2 rings (SSSR count). The normalized spacial score (nSPS) is 34.5. The van der Waals surface area contributed by atoms with Crippen LogP contribution in [0.4, 0.5) is 0 Å². The molecule has 3 nitrogen and oxygen atoms in total. The van der Waals surface area contributed by atoms with Gasteiger partial charge in [-0.15, -0.1) is 0 Å². The Bertz CT molecular complexity index is 329. The zero-order valence-corrected chi connectivity index (χ0v) is 13.7. The summed E-state index contributed by atoms with van der Waals surface area (Å²) in [6.45, 7) is 9.94. The van der Waals surface area contributed by atoms with E-state index in [1.165, 1.54) is 19.3 Å². The van der Waals surface area contributed by atoms with Gasteiger partial charge in [-0.1, -0.05) is 47.0 Å². The van der Waals surface area contributed by atoms with Gasteiger partial charge in [-0.3, -0.25) is 10.1 Å². The molecular weight excluding hydrogens is 248 g/mol. The van der Waals surface area contributed by atoms with Crippen molar-refractivity contribution >= 4 is 5.91 Å². The smallest absolute Gasteiger partial charge is 0.241 e. The fourth-order valence-electron chi connectivity index (χ4n) is 3.86. The number of rotatable bonds is 6. The van der Waals surface area contributed by atoms with Crippen molar-refractivity contribution in [3.8, 4) is 0 Å². The average Bonchev–Trinajstić information content (AvgIpc) is 2.89. The largest absolute Gasteiger partial charge is 0.326 e. The van der Waals surface area contributed by atoms with Crippen LogP contribution in [0.15, 0.2) is 0 Å². The zero-order valence-electron chi connectivity index (χ0n) is 13.7. The number of carbonyl (C=O) groups is 1. The number of nitrogens with zero attached hydrogens (tertiary/aromatic N) is 1. The molecule has 0 aromatic rings. The van der Waals surface area contributed by atoms with Crippen LogP contribution in [0.25, 0.3) is 0 Å². The second kappa shape index (κ2) is 6.93. The predicted octanol–water partition coefficient (Wildman–Crippen LogP) is 3.40. The molecule has 4 atom stereocenters. The summed E-state index contributed by atoms with van der Waals surface area (Å²) in [5.74, 6) is 2.44. The van der Waals surface area contributed by atoms with E-state index in [2.05, 4.69) is 37.9 Å². The third kappa shape index (κ3) is 3.55. The van der Waals surface area contributed by atoms with Crippen molar-refractivity contribution in [1.82, 2.24) is 10.2 Å². The Labute approximate surface area is 124 Å². The summed E-state index contributed by atoms with van der Waals surface area (Å²) >= 11 is 0. The van der Waals surface area contributed by atoms with E-state index in [4.69, 9.17) is 0 Å². The van der Waals surface area contributed by atoms with Crippen molar-refractivity contribution < 1.29 is 4.79 Å². The second-order valence-corrected chi connectivity index (χ2v) is 7.31. The van der Waals surface area contributed by atoms with Crippen molar-refractivity contribution in [2.24, 2.45) is 17.8 Å². The molecule has 1 N–H and O–H groups in total. The Hall–Kier alpha value is -0.570. The molecule has 2 aliphatic rings. The summed E-state index contributed by atoms with van der Waals surface area (Å²) < 4.78 is 0. The Kier molecular flexibility index (Phi) is 5.48. The Balaban J connectivity index is 2.01. The fourth-order valence-corrected chi connectivity index (χ4v) is 3.86. The first kappa shape index (κ1) is 15.8. The Morgan fingerprint density at radius 3 is 2.65 bits per heavy atom. The second-order valence-electron chi connectivity index (χ2n) is 7.31. The maximum Gasteiger partial charge on any atom is 0.241 e. The van der Waals surface area contributed by atoms with Gasteiger partial charge in [0, 0.05) is 6.54 Å². The maximum atomic E-state index is 12.7. The van der Waals surface area contributed by atoms with Crippen LogP contribution in [0.1, 0.15) is 66.2 Å². The van der Waals surface area contributed by atoms with Crippen molar-refractivity contribution in [3.05, 3.63) is 0 Å². The number of hydrogen-bond donors (Lipinski definition) is 1. The standard InChI is InChI=1S/C17H32N2O/c1-5-7-16-18-15(10-12(2)3)17(20)19(16)11-14-9-6-8-13(14)4/h12-16,18H,5-11H2,1-4H3. The molecule has 0 aromatic carbocycles. The minimum atomic E-state index is 0.0586. The van der Waals surface area contributed by atoms with Gasteiger partial charge in [-0.05, 0) is 37.0 Å². The van der Waals surface area contributed by atoms with Crippen LogP contribution >= 0.6 is 0 Å². The lowest BCUT2D eigenvalue weighted by atomic mass is 9.97. The van der Waals surface area contributed by atoms with Gasteiger partial charge in [0.1, 0.15) is 0 Å². The molecule has 0 aromatic heterocycles. The number of nitrogens with one attached hydrogen (secondary N) is 1. The molecule has 1 heterocycles. The maximum absolute atomic E-state index is 12.7. The molecule has 1 aliphatic heterocycles. The third-order valence-electron chi connectivity index (χ3n) is 5.09. The Morgan fingerprint density at radius 1 is 1.35 bits per heavy atom. The first-order valence-corrected chi connectivity index (χ1v) is 8.59. The van der Waals surface area contributed by atoms with Gasteiger partial charge in [0.15, 0.2) is 0 Å². The van der Waals surface area contributed by atoms with Gasteiger partial charge in [0.2, 0.25) is 5.91 Å². The van der Waals surface area contributed by atoms with Crippen molar-refractivity contribution in [3.63, 3.8) is 0 Å². The van der Waals surface area contributed by atoms with E-state index >= 15 is 0 Å². The molecule has 116 valence electrons. The van der Waals surface area contributed by atoms with Crippen LogP contribution in [0, 0.1) is 17.8 Å². The fraction of sp³-hybridized carbons (Fsp3) is 0.941. The third-order valence-corrected chi connectivity index (χ3v) is 5.09. The van der Waals surface area contributed by atoms with Crippen molar-refractivity contribution in [2.75, 3.05) is 6.54 Å².